The molecule has 25 heavy (non-hydrogen) atoms. The second-order valence-corrected chi connectivity index (χ2v) is 5.48. The molecule has 0 saturated carbocycles. The van der Waals surface area contributed by atoms with Crippen molar-refractivity contribution in [3.63, 3.8) is 0 Å². The Kier molecular flexibility index (Phi) is 4.28. The number of pyridine rings is 1. The number of hydrogen-bond donors (Lipinski definition) is 2. The van der Waals surface area contributed by atoms with Crippen molar-refractivity contribution in [1.82, 2.24) is 15.0 Å². The highest BCUT2D eigenvalue weighted by Crippen LogP contribution is 2.33. The molecule has 1 aliphatic heterocycles. The van der Waals surface area contributed by atoms with Crippen LogP contribution in [0.3, 0.4) is 0 Å². The van der Waals surface area contributed by atoms with Crippen molar-refractivity contribution in [1.29, 1.82) is 0 Å². The lowest BCUT2D eigenvalue weighted by Gasteiger charge is -2.19. The van der Waals surface area contributed by atoms with Gasteiger partial charge in [0.2, 0.25) is 0 Å². The largest absolute Gasteiger partial charge is 0.486 e. The van der Waals surface area contributed by atoms with Gasteiger partial charge in [0.15, 0.2) is 11.5 Å². The van der Waals surface area contributed by atoms with Gasteiger partial charge in [0.25, 0.3) is 0 Å². The number of nitrogens with one attached hydrogen (secondary N) is 2. The van der Waals surface area contributed by atoms with E-state index in [4.69, 9.17) is 9.47 Å². The van der Waals surface area contributed by atoms with Crippen LogP contribution in [-0.4, -0.2) is 28.2 Å². The lowest BCUT2D eigenvalue weighted by molar-refractivity contribution is 0.171. The number of anilines is 3. The molecule has 126 valence electrons. The summed E-state index contributed by atoms with van der Waals surface area (Å²) in [6, 6.07) is 11.5. The molecule has 0 saturated heterocycles. The van der Waals surface area contributed by atoms with E-state index in [2.05, 4.69) is 25.6 Å². The minimum Gasteiger partial charge on any atom is -0.486 e. The molecule has 0 spiro atoms. The molecule has 7 nitrogen and oxygen atoms in total. The third-order valence-corrected chi connectivity index (χ3v) is 3.70. The number of benzene rings is 1. The van der Waals surface area contributed by atoms with E-state index in [9.17, 15) is 0 Å². The van der Waals surface area contributed by atoms with Gasteiger partial charge in [-0.1, -0.05) is 0 Å². The Morgan fingerprint density at radius 2 is 1.68 bits per heavy atom. The fourth-order valence-electron chi connectivity index (χ4n) is 2.48. The van der Waals surface area contributed by atoms with Crippen LogP contribution >= 0.6 is 0 Å². The van der Waals surface area contributed by atoms with Crippen molar-refractivity contribution < 1.29 is 9.47 Å². The third-order valence-electron chi connectivity index (χ3n) is 3.70. The average molecular weight is 335 g/mol. The van der Waals surface area contributed by atoms with Gasteiger partial charge >= 0.3 is 0 Å². The maximum atomic E-state index is 5.60. The molecule has 0 radical (unpaired) electrons. The number of nitrogens with zero attached hydrogens (tertiary/aromatic N) is 3. The average Bonchev–Trinajstić information content (AvgIpc) is 2.67. The van der Waals surface area contributed by atoms with E-state index in [1.807, 2.05) is 36.4 Å². The van der Waals surface area contributed by atoms with Crippen molar-refractivity contribution in [2.24, 2.45) is 0 Å². The predicted molar refractivity (Wildman–Crippen MR) is 94.3 cm³/mol. The summed E-state index contributed by atoms with van der Waals surface area (Å²) in [5.41, 5.74) is 2.01. The fourth-order valence-corrected chi connectivity index (χ4v) is 2.48. The van der Waals surface area contributed by atoms with E-state index in [1.54, 1.807) is 12.4 Å². The number of ether oxygens (including phenoxy) is 2. The first-order valence-corrected chi connectivity index (χ1v) is 7.98. The van der Waals surface area contributed by atoms with Crippen LogP contribution in [0.2, 0.25) is 0 Å². The summed E-state index contributed by atoms with van der Waals surface area (Å²) in [7, 11) is 0. The quantitative estimate of drug-likeness (QED) is 0.742. The van der Waals surface area contributed by atoms with Gasteiger partial charge in [-0.2, -0.15) is 0 Å². The number of hydrogen-bond acceptors (Lipinski definition) is 7. The van der Waals surface area contributed by atoms with Crippen LogP contribution in [0.15, 0.2) is 55.1 Å². The number of aromatic nitrogens is 3. The Morgan fingerprint density at radius 1 is 0.880 bits per heavy atom. The van der Waals surface area contributed by atoms with Gasteiger partial charge < -0.3 is 20.1 Å². The van der Waals surface area contributed by atoms with Gasteiger partial charge in [-0.05, 0) is 29.8 Å². The van der Waals surface area contributed by atoms with E-state index in [0.29, 0.717) is 25.6 Å². The van der Waals surface area contributed by atoms with Gasteiger partial charge in [-0.25, -0.2) is 9.97 Å². The Balaban J connectivity index is 1.44. The van der Waals surface area contributed by atoms with Crippen LogP contribution in [0, 0.1) is 0 Å². The minimum atomic E-state index is 0.563. The van der Waals surface area contributed by atoms with Crippen molar-refractivity contribution in [3.05, 3.63) is 60.7 Å². The molecular formula is C18H17N5O2. The van der Waals surface area contributed by atoms with Crippen LogP contribution in [0.4, 0.5) is 17.3 Å². The van der Waals surface area contributed by atoms with Gasteiger partial charge in [0.05, 0.1) is 0 Å². The van der Waals surface area contributed by atoms with E-state index >= 15 is 0 Å². The molecule has 3 heterocycles. The molecule has 0 bridgehead atoms. The first-order valence-electron chi connectivity index (χ1n) is 7.98. The van der Waals surface area contributed by atoms with E-state index in [1.165, 1.54) is 6.33 Å². The highest BCUT2D eigenvalue weighted by atomic mass is 16.6. The SMILES string of the molecule is c1cc(CNc2cc(Nc3ccc4c(c3)OCCO4)ncn2)ccn1. The van der Waals surface area contributed by atoms with Crippen molar-refractivity contribution in [2.75, 3.05) is 23.8 Å². The monoisotopic (exact) mass is 335 g/mol. The molecular weight excluding hydrogens is 318 g/mol. The Hall–Kier alpha value is -3.35. The van der Waals surface area contributed by atoms with Crippen LogP contribution in [0.5, 0.6) is 11.5 Å². The molecule has 0 aliphatic carbocycles. The smallest absolute Gasteiger partial charge is 0.163 e. The van der Waals surface area contributed by atoms with E-state index in [0.717, 1.165) is 28.6 Å². The highest BCUT2D eigenvalue weighted by molar-refractivity contribution is 5.63. The summed E-state index contributed by atoms with van der Waals surface area (Å²) in [6.45, 7) is 1.81. The fraction of sp³-hybridized carbons (Fsp3) is 0.167. The molecule has 0 atom stereocenters. The minimum absolute atomic E-state index is 0.563. The summed E-state index contributed by atoms with van der Waals surface area (Å²) in [5.74, 6) is 2.94. The topological polar surface area (TPSA) is 81.2 Å². The Labute approximate surface area is 145 Å². The lowest BCUT2D eigenvalue weighted by atomic mass is 10.2. The normalized spacial score (nSPS) is 12.5. The zero-order valence-corrected chi connectivity index (χ0v) is 13.5. The molecule has 2 N–H and O–H groups in total. The van der Waals surface area contributed by atoms with E-state index < -0.39 is 0 Å². The molecule has 0 amide bonds. The van der Waals surface area contributed by atoms with Gasteiger partial charge in [-0.3, -0.25) is 4.98 Å². The van der Waals surface area contributed by atoms with Crippen LogP contribution in [0.1, 0.15) is 5.56 Å². The molecule has 2 aromatic heterocycles. The highest BCUT2D eigenvalue weighted by Gasteiger charge is 2.12. The molecule has 0 fully saturated rings. The molecule has 7 heteroatoms. The summed E-state index contributed by atoms with van der Waals surface area (Å²) in [6.07, 6.45) is 5.06. The maximum absolute atomic E-state index is 5.60. The van der Waals surface area contributed by atoms with Crippen LogP contribution in [0.25, 0.3) is 0 Å². The zero-order chi connectivity index (χ0) is 16.9. The van der Waals surface area contributed by atoms with Gasteiger partial charge in [0, 0.05) is 36.8 Å². The first kappa shape index (κ1) is 15.2. The second kappa shape index (κ2) is 7.04. The summed E-state index contributed by atoms with van der Waals surface area (Å²) < 4.78 is 11.1. The number of rotatable bonds is 5. The van der Waals surface area contributed by atoms with E-state index in [-0.39, 0.29) is 0 Å². The molecule has 3 aromatic rings. The van der Waals surface area contributed by atoms with Crippen molar-refractivity contribution in [3.8, 4) is 11.5 Å². The number of fused-ring (bicyclic) bond motifs is 1. The summed E-state index contributed by atoms with van der Waals surface area (Å²) in [5, 5.41) is 6.53. The van der Waals surface area contributed by atoms with Crippen molar-refractivity contribution >= 4 is 17.3 Å². The summed E-state index contributed by atoms with van der Waals surface area (Å²) in [4.78, 5) is 12.5. The van der Waals surface area contributed by atoms with Gasteiger partial charge in [-0.15, -0.1) is 0 Å². The van der Waals surface area contributed by atoms with Gasteiger partial charge in [0.1, 0.15) is 31.2 Å². The predicted octanol–water partition coefficient (Wildman–Crippen LogP) is 3.00. The Bertz CT molecular complexity index is 857. The second-order valence-electron chi connectivity index (χ2n) is 5.48. The maximum Gasteiger partial charge on any atom is 0.163 e. The zero-order valence-electron chi connectivity index (χ0n) is 13.5. The summed E-state index contributed by atoms with van der Waals surface area (Å²) >= 11 is 0. The first-order chi connectivity index (χ1) is 12.4. The molecule has 1 aromatic carbocycles. The van der Waals surface area contributed by atoms with Crippen LogP contribution in [-0.2, 0) is 6.54 Å². The standard InChI is InChI=1S/C18H17N5O2/c1-2-15-16(25-8-7-24-15)9-14(1)23-18-10-17(21-12-22-18)20-11-13-3-5-19-6-4-13/h1-6,9-10,12H,7-8,11H2,(H2,20,21,22,23). The Morgan fingerprint density at radius 3 is 2.56 bits per heavy atom. The molecule has 0 unspecified atom stereocenters. The van der Waals surface area contributed by atoms with Crippen molar-refractivity contribution in [2.45, 2.75) is 6.54 Å². The lowest BCUT2D eigenvalue weighted by Crippen LogP contribution is -2.15. The third kappa shape index (κ3) is 3.77. The molecule has 4 rings (SSSR count). The molecule has 1 aliphatic rings. The van der Waals surface area contributed by atoms with Crippen LogP contribution < -0.4 is 20.1 Å².